The molecular formula is C29H56O7Si. The molecule has 0 radical (unpaired) electrons. The zero-order valence-corrected chi connectivity index (χ0v) is 26.7. The number of carbonyl (C=O) groups excluding carboxylic acids is 1. The van der Waals surface area contributed by atoms with Crippen molar-refractivity contribution in [3.63, 3.8) is 0 Å². The van der Waals surface area contributed by atoms with Crippen LogP contribution >= 0.6 is 0 Å². The molecule has 0 saturated carbocycles. The molecule has 1 saturated heterocycles. The molecule has 8 heteroatoms. The Morgan fingerprint density at radius 3 is 2.35 bits per heavy atom. The van der Waals surface area contributed by atoms with Crippen molar-refractivity contribution in [1.29, 1.82) is 0 Å². The molecule has 1 rings (SSSR count). The van der Waals surface area contributed by atoms with E-state index in [0.717, 1.165) is 19.3 Å². The van der Waals surface area contributed by atoms with Crippen molar-refractivity contribution in [2.24, 2.45) is 17.8 Å². The second kappa shape index (κ2) is 15.1. The van der Waals surface area contributed by atoms with Crippen LogP contribution in [0.3, 0.4) is 0 Å². The Labute approximate surface area is 228 Å². The van der Waals surface area contributed by atoms with Crippen molar-refractivity contribution in [2.75, 3.05) is 27.1 Å². The Morgan fingerprint density at radius 1 is 1.16 bits per heavy atom. The summed E-state index contributed by atoms with van der Waals surface area (Å²) in [5.41, 5.74) is 0. The Hall–Kier alpha value is -0.773. The first kappa shape index (κ1) is 34.3. The summed E-state index contributed by atoms with van der Waals surface area (Å²) in [4.78, 5) is 11.9. The van der Waals surface area contributed by atoms with Crippen LogP contribution < -0.4 is 0 Å². The molecule has 218 valence electrons. The Morgan fingerprint density at radius 2 is 1.81 bits per heavy atom. The molecule has 37 heavy (non-hydrogen) atoms. The van der Waals surface area contributed by atoms with Crippen molar-refractivity contribution in [3.05, 3.63) is 12.2 Å². The van der Waals surface area contributed by atoms with Crippen LogP contribution in [0.15, 0.2) is 12.2 Å². The molecule has 7 nitrogen and oxygen atoms in total. The molecule has 0 aromatic heterocycles. The lowest BCUT2D eigenvalue weighted by molar-refractivity contribution is -0.311. The van der Waals surface area contributed by atoms with Gasteiger partial charge in [-0.3, -0.25) is 0 Å². The Bertz CT molecular complexity index is 701. The maximum Gasteiger partial charge on any atom is 0.330 e. The number of esters is 1. The quantitative estimate of drug-likeness (QED) is 0.0981. The third-order valence-corrected chi connectivity index (χ3v) is 12.3. The van der Waals surface area contributed by atoms with E-state index in [-0.39, 0.29) is 53.9 Å². The summed E-state index contributed by atoms with van der Waals surface area (Å²) in [5.74, 6) is -0.412. The second-order valence-corrected chi connectivity index (χ2v) is 17.3. The molecule has 0 bridgehead atoms. The summed E-state index contributed by atoms with van der Waals surface area (Å²) in [5, 5.41) is 0.157. The Kier molecular flexibility index (Phi) is 14.0. The van der Waals surface area contributed by atoms with E-state index in [9.17, 15) is 4.79 Å². The van der Waals surface area contributed by atoms with E-state index in [4.69, 9.17) is 28.1 Å². The van der Waals surface area contributed by atoms with Crippen molar-refractivity contribution in [1.82, 2.24) is 0 Å². The molecule has 0 spiro atoms. The van der Waals surface area contributed by atoms with E-state index < -0.39 is 14.1 Å². The lowest BCUT2D eigenvalue weighted by atomic mass is 9.82. The molecule has 1 aliphatic rings. The van der Waals surface area contributed by atoms with Crippen LogP contribution in [-0.2, 0) is 32.9 Å². The molecule has 0 amide bonds. The monoisotopic (exact) mass is 544 g/mol. The summed E-state index contributed by atoms with van der Waals surface area (Å²) >= 11 is 0. The van der Waals surface area contributed by atoms with Crippen molar-refractivity contribution in [3.8, 4) is 0 Å². The molecule has 0 aromatic carbocycles. The second-order valence-electron chi connectivity index (χ2n) is 12.5. The molecule has 1 heterocycles. The fraction of sp³-hybridized carbons (Fsp3) is 0.897. The van der Waals surface area contributed by atoms with Gasteiger partial charge in [-0.25, -0.2) is 4.79 Å². The average molecular weight is 545 g/mol. The molecule has 0 aromatic rings. The molecular weight excluding hydrogens is 488 g/mol. The fourth-order valence-electron chi connectivity index (χ4n) is 4.72. The first-order valence-corrected chi connectivity index (χ1v) is 16.9. The normalized spacial score (nSPS) is 24.0. The lowest BCUT2D eigenvalue weighted by Gasteiger charge is -2.45. The first-order chi connectivity index (χ1) is 17.1. The van der Waals surface area contributed by atoms with Crippen molar-refractivity contribution < 1.29 is 32.9 Å². The van der Waals surface area contributed by atoms with Crippen LogP contribution in [0, 0.1) is 17.8 Å². The summed E-state index contributed by atoms with van der Waals surface area (Å²) in [6, 6.07) is 0. The topological polar surface area (TPSA) is 72.5 Å². The van der Waals surface area contributed by atoms with Crippen LogP contribution in [0.25, 0.3) is 0 Å². The van der Waals surface area contributed by atoms with Gasteiger partial charge in [-0.05, 0) is 63.6 Å². The standard InChI is InChI=1S/C29H56O7Si/c1-13-23(15-16-26(30)32-14-2)27(33-20-31-10)22(4)17-21(3)25-18-24(35-29(8,9)36-25)19-34-37(11,12)28(5,6)7/h15-16,21-25,27H,13-14,17-20H2,1-12H3/b16-15-/t21-,22-,23-,24+,25+,27-/m1/s1. The Balaban J connectivity index is 2.92. The van der Waals surface area contributed by atoms with Gasteiger partial charge in [0.2, 0.25) is 0 Å². The van der Waals surface area contributed by atoms with Gasteiger partial charge in [-0.2, -0.15) is 0 Å². The van der Waals surface area contributed by atoms with Crippen LogP contribution in [0.1, 0.15) is 81.6 Å². The maximum absolute atomic E-state index is 11.9. The van der Waals surface area contributed by atoms with Crippen LogP contribution in [-0.4, -0.2) is 65.5 Å². The van der Waals surface area contributed by atoms with E-state index in [1.54, 1.807) is 14.0 Å². The smallest absolute Gasteiger partial charge is 0.330 e. The van der Waals surface area contributed by atoms with Gasteiger partial charge < -0.3 is 28.1 Å². The van der Waals surface area contributed by atoms with Crippen LogP contribution in [0.5, 0.6) is 0 Å². The minimum Gasteiger partial charge on any atom is -0.463 e. The number of hydrogen-bond donors (Lipinski definition) is 0. The van der Waals surface area contributed by atoms with Gasteiger partial charge in [0, 0.05) is 25.5 Å². The van der Waals surface area contributed by atoms with Gasteiger partial charge in [-0.1, -0.05) is 47.6 Å². The van der Waals surface area contributed by atoms with Gasteiger partial charge >= 0.3 is 5.97 Å². The molecule has 0 aliphatic carbocycles. The highest BCUT2D eigenvalue weighted by Crippen LogP contribution is 2.39. The van der Waals surface area contributed by atoms with E-state index >= 15 is 0 Å². The summed E-state index contributed by atoms with van der Waals surface area (Å²) < 4.78 is 35.6. The van der Waals surface area contributed by atoms with Gasteiger partial charge in [0.05, 0.1) is 31.5 Å². The maximum atomic E-state index is 11.9. The predicted octanol–water partition coefficient (Wildman–Crippen LogP) is 6.72. The van der Waals surface area contributed by atoms with Gasteiger partial charge in [0.1, 0.15) is 6.79 Å². The minimum absolute atomic E-state index is 0.00271. The van der Waals surface area contributed by atoms with Gasteiger partial charge in [0.25, 0.3) is 0 Å². The predicted molar refractivity (Wildman–Crippen MR) is 151 cm³/mol. The third-order valence-electron chi connectivity index (χ3n) is 7.79. The highest BCUT2D eigenvalue weighted by Gasteiger charge is 2.42. The number of carbonyl (C=O) groups is 1. The first-order valence-electron chi connectivity index (χ1n) is 14.0. The van der Waals surface area contributed by atoms with Crippen molar-refractivity contribution >= 4 is 14.3 Å². The van der Waals surface area contributed by atoms with Crippen LogP contribution in [0.4, 0.5) is 0 Å². The zero-order chi connectivity index (χ0) is 28.4. The molecule has 1 fully saturated rings. The van der Waals surface area contributed by atoms with E-state index in [1.807, 2.05) is 19.9 Å². The largest absolute Gasteiger partial charge is 0.463 e. The highest BCUT2D eigenvalue weighted by atomic mass is 28.4. The van der Waals surface area contributed by atoms with Crippen LogP contribution in [0.2, 0.25) is 18.1 Å². The number of rotatable bonds is 15. The minimum atomic E-state index is -1.87. The molecule has 0 N–H and O–H groups in total. The molecule has 6 atom stereocenters. The average Bonchev–Trinajstić information content (AvgIpc) is 2.78. The molecule has 0 unspecified atom stereocenters. The van der Waals surface area contributed by atoms with Gasteiger partial charge in [0.15, 0.2) is 14.1 Å². The van der Waals surface area contributed by atoms with Gasteiger partial charge in [-0.15, -0.1) is 0 Å². The fourth-order valence-corrected chi connectivity index (χ4v) is 5.75. The van der Waals surface area contributed by atoms with Crippen molar-refractivity contribution in [2.45, 2.75) is 124 Å². The summed E-state index contributed by atoms with van der Waals surface area (Å²) in [6.07, 6.45) is 5.95. The highest BCUT2D eigenvalue weighted by molar-refractivity contribution is 6.74. The van der Waals surface area contributed by atoms with E-state index in [0.29, 0.717) is 13.2 Å². The van der Waals surface area contributed by atoms with E-state index in [1.165, 1.54) is 6.08 Å². The summed E-state index contributed by atoms with van der Waals surface area (Å²) in [6.45, 7) is 24.8. The lowest BCUT2D eigenvalue weighted by Crippen LogP contribution is -2.50. The van der Waals surface area contributed by atoms with E-state index in [2.05, 4.69) is 54.6 Å². The number of methoxy groups -OCH3 is 1. The zero-order valence-electron chi connectivity index (χ0n) is 25.7. The SMILES string of the molecule is CCOC(=O)/C=C\[C@@H](CC)[C@H](OCOC)[C@H](C)C[C@@H](C)[C@@H]1C[C@@H](CO[Si](C)(C)C(C)(C)C)OC(C)(C)O1. The molecule has 1 aliphatic heterocycles. The number of hydrogen-bond acceptors (Lipinski definition) is 7. The summed E-state index contributed by atoms with van der Waals surface area (Å²) in [7, 11) is -0.237. The number of ether oxygens (including phenoxy) is 5. The third kappa shape index (κ3) is 11.5.